The third-order valence-electron chi connectivity index (χ3n) is 3.70. The molecule has 1 aliphatic carbocycles. The Morgan fingerprint density at radius 1 is 1.35 bits per heavy atom. The summed E-state index contributed by atoms with van der Waals surface area (Å²) in [6.45, 7) is 12.2. The fourth-order valence-electron chi connectivity index (χ4n) is 2.48. The summed E-state index contributed by atoms with van der Waals surface area (Å²) in [5.41, 5.74) is -0.709. The maximum atomic E-state index is 11.1. The van der Waals surface area contributed by atoms with Crippen molar-refractivity contribution in [1.29, 1.82) is 0 Å². The molecule has 3 atom stereocenters. The largest absolute Gasteiger partial charge is 0.566 e. The highest BCUT2D eigenvalue weighted by Gasteiger charge is 2.46. The zero-order valence-electron chi connectivity index (χ0n) is 13.1. The van der Waals surface area contributed by atoms with Crippen LogP contribution in [0.15, 0.2) is 23.8 Å². The molecule has 1 rings (SSSR count). The fourth-order valence-corrected chi connectivity index (χ4v) is 2.77. The zero-order chi connectivity index (χ0) is 15.8. The van der Waals surface area contributed by atoms with E-state index in [1.54, 1.807) is 6.08 Å². The molecule has 5 heteroatoms. The average Bonchev–Trinajstić information content (AvgIpc) is 2.24. The lowest BCUT2D eigenvalue weighted by Crippen LogP contribution is -2.48. The lowest BCUT2D eigenvalue weighted by Gasteiger charge is -2.47. The van der Waals surface area contributed by atoms with Gasteiger partial charge in [0.1, 0.15) is 12.2 Å². The van der Waals surface area contributed by atoms with Crippen LogP contribution in [0.4, 0.5) is 0 Å². The van der Waals surface area contributed by atoms with Gasteiger partial charge in [-0.1, -0.05) is 59.8 Å². The molecule has 0 heterocycles. The minimum atomic E-state index is -2.84. The number of aliphatic hydroxyl groups is 1. The Hall–Kier alpha value is -0.540. The van der Waals surface area contributed by atoms with Crippen molar-refractivity contribution >= 4 is 8.25 Å². The van der Waals surface area contributed by atoms with Crippen LogP contribution < -0.4 is 4.89 Å². The van der Waals surface area contributed by atoms with Gasteiger partial charge < -0.3 is 10.00 Å². The monoisotopic (exact) mass is 300 g/mol. The van der Waals surface area contributed by atoms with Crippen LogP contribution in [0.5, 0.6) is 0 Å². The first-order chi connectivity index (χ1) is 8.88. The molecule has 0 aromatic carbocycles. The standard InChI is InChI=1S/C15H25O4P/c1-13(2,3)12-9-11(10-19-20(17)18)7-8-15(12,16)14(4,5)6/h7-9,11,16H,10H2,1-6H3. The quantitative estimate of drug-likeness (QED) is 0.642. The van der Waals surface area contributed by atoms with E-state index in [0.29, 0.717) is 0 Å². The van der Waals surface area contributed by atoms with Gasteiger partial charge in [-0.25, -0.2) is 0 Å². The number of hydrogen-bond donors (Lipinski definition) is 1. The lowest BCUT2D eigenvalue weighted by atomic mass is 9.62. The molecule has 0 radical (unpaired) electrons. The number of hydrogen-bond acceptors (Lipinski definition) is 4. The highest BCUT2D eigenvalue weighted by molar-refractivity contribution is 7.30. The molecule has 0 amide bonds. The maximum absolute atomic E-state index is 11.1. The summed E-state index contributed by atoms with van der Waals surface area (Å²) in [5, 5.41) is 11.1. The molecule has 0 fully saturated rings. The second kappa shape index (κ2) is 5.69. The van der Waals surface area contributed by atoms with Crippen molar-refractivity contribution in [1.82, 2.24) is 0 Å². The Morgan fingerprint density at radius 3 is 2.30 bits per heavy atom. The molecule has 114 valence electrons. The van der Waals surface area contributed by atoms with E-state index < -0.39 is 13.9 Å². The van der Waals surface area contributed by atoms with Crippen molar-refractivity contribution in [2.45, 2.75) is 47.1 Å². The summed E-state index contributed by atoms with van der Waals surface area (Å²) < 4.78 is 15.2. The summed E-state index contributed by atoms with van der Waals surface area (Å²) >= 11 is 0. The van der Waals surface area contributed by atoms with Crippen LogP contribution >= 0.6 is 8.25 Å². The highest BCUT2D eigenvalue weighted by Crippen LogP contribution is 2.47. The van der Waals surface area contributed by atoms with Gasteiger partial charge in [0.05, 0.1) is 0 Å². The van der Waals surface area contributed by atoms with Crippen LogP contribution in [0.1, 0.15) is 41.5 Å². The Labute approximate surface area is 122 Å². The molecule has 0 saturated carbocycles. The van der Waals surface area contributed by atoms with Crippen molar-refractivity contribution in [3.05, 3.63) is 23.8 Å². The van der Waals surface area contributed by atoms with E-state index in [4.69, 9.17) is 0 Å². The van der Waals surface area contributed by atoms with Crippen LogP contribution in [0.25, 0.3) is 0 Å². The summed E-state index contributed by atoms with van der Waals surface area (Å²) in [6.07, 6.45) is 5.53. The molecule has 0 aromatic heterocycles. The van der Waals surface area contributed by atoms with Crippen molar-refractivity contribution in [3.8, 4) is 0 Å². The molecule has 0 bridgehead atoms. The van der Waals surface area contributed by atoms with Gasteiger partial charge in [-0.3, -0.25) is 0 Å². The Bertz CT molecular complexity index is 440. The fraction of sp³-hybridized carbons (Fsp3) is 0.733. The normalized spacial score (nSPS) is 28.3. The van der Waals surface area contributed by atoms with E-state index in [2.05, 4.69) is 4.52 Å². The van der Waals surface area contributed by atoms with Gasteiger partial charge in [-0.05, 0) is 21.0 Å². The molecule has 0 spiro atoms. The van der Waals surface area contributed by atoms with Crippen molar-refractivity contribution < 1.29 is 19.1 Å². The molecule has 0 saturated heterocycles. The molecule has 0 aliphatic heterocycles. The van der Waals surface area contributed by atoms with E-state index in [-0.39, 0.29) is 23.4 Å². The summed E-state index contributed by atoms with van der Waals surface area (Å²) in [7, 11) is -2.84. The minimum absolute atomic E-state index is 0.0784. The van der Waals surface area contributed by atoms with Gasteiger partial charge in [-0.2, -0.15) is 0 Å². The summed E-state index contributed by atoms with van der Waals surface area (Å²) in [5.74, 6) is -0.139. The zero-order valence-corrected chi connectivity index (χ0v) is 14.0. The second-order valence-electron chi connectivity index (χ2n) is 7.39. The lowest BCUT2D eigenvalue weighted by molar-refractivity contribution is -0.185. The molecule has 0 aromatic rings. The first-order valence-corrected chi connectivity index (χ1v) is 7.89. The minimum Gasteiger partial charge on any atom is -0.566 e. The molecular weight excluding hydrogens is 275 g/mol. The second-order valence-corrected chi connectivity index (χ2v) is 8.09. The van der Waals surface area contributed by atoms with E-state index in [0.717, 1.165) is 5.57 Å². The number of rotatable bonds is 3. The molecule has 1 aliphatic rings. The average molecular weight is 300 g/mol. The first kappa shape index (κ1) is 17.5. The van der Waals surface area contributed by atoms with E-state index >= 15 is 0 Å². The van der Waals surface area contributed by atoms with Gasteiger partial charge in [0.15, 0.2) is 0 Å². The molecular formula is C15H25O4P. The summed E-state index contributed by atoms with van der Waals surface area (Å²) in [4.78, 5) is 10.5. The molecule has 4 nitrogen and oxygen atoms in total. The van der Waals surface area contributed by atoms with Crippen LogP contribution in [0, 0.1) is 16.7 Å². The van der Waals surface area contributed by atoms with Gasteiger partial charge in [0.25, 0.3) is 0 Å². The smallest absolute Gasteiger partial charge is 0.488 e. The van der Waals surface area contributed by atoms with Gasteiger partial charge in [0.2, 0.25) is 0 Å². The Morgan fingerprint density at radius 2 is 1.90 bits per heavy atom. The van der Waals surface area contributed by atoms with Crippen LogP contribution in [-0.4, -0.2) is 17.3 Å². The predicted octanol–water partition coefficient (Wildman–Crippen LogP) is 2.96. The SMILES string of the molecule is CC(C)(C)C1=CC(CO[P+](=O)[O-])C=CC1(O)C(C)(C)C. The Kier molecular flexibility index (Phi) is 4.98. The van der Waals surface area contributed by atoms with Crippen LogP contribution in [0.2, 0.25) is 0 Å². The predicted molar refractivity (Wildman–Crippen MR) is 78.1 cm³/mol. The summed E-state index contributed by atoms with van der Waals surface area (Å²) in [6, 6.07) is 0. The van der Waals surface area contributed by atoms with Gasteiger partial charge >= 0.3 is 8.25 Å². The van der Waals surface area contributed by atoms with Crippen LogP contribution in [-0.2, 0) is 9.09 Å². The molecule has 3 unspecified atom stereocenters. The topological polar surface area (TPSA) is 69.6 Å². The Balaban J connectivity index is 3.13. The third kappa shape index (κ3) is 3.76. The molecule has 1 N–H and O–H groups in total. The van der Waals surface area contributed by atoms with E-state index in [1.165, 1.54) is 0 Å². The third-order valence-corrected chi connectivity index (χ3v) is 4.06. The molecule has 20 heavy (non-hydrogen) atoms. The van der Waals surface area contributed by atoms with Crippen molar-refractivity contribution in [2.75, 3.05) is 6.61 Å². The van der Waals surface area contributed by atoms with E-state index in [9.17, 15) is 14.6 Å². The van der Waals surface area contributed by atoms with Crippen molar-refractivity contribution in [2.24, 2.45) is 16.7 Å². The van der Waals surface area contributed by atoms with Crippen LogP contribution in [0.3, 0.4) is 0 Å². The van der Waals surface area contributed by atoms with E-state index in [1.807, 2.05) is 53.7 Å². The van der Waals surface area contributed by atoms with Gasteiger partial charge in [0, 0.05) is 5.92 Å². The van der Waals surface area contributed by atoms with Crippen molar-refractivity contribution in [3.63, 3.8) is 0 Å². The van der Waals surface area contributed by atoms with Gasteiger partial charge in [-0.15, -0.1) is 4.52 Å². The maximum Gasteiger partial charge on any atom is 0.488 e. The highest BCUT2D eigenvalue weighted by atomic mass is 31.1. The first-order valence-electron chi connectivity index (χ1n) is 6.80.